The van der Waals surface area contributed by atoms with E-state index in [4.69, 9.17) is 10.2 Å². The SMILES string of the molecule is CC(O)N(CCC=O)C(C)O. The Morgan fingerprint density at radius 2 is 1.82 bits per heavy atom. The van der Waals surface area contributed by atoms with Gasteiger partial charge in [-0.3, -0.25) is 4.90 Å². The van der Waals surface area contributed by atoms with Crippen molar-refractivity contribution in [1.82, 2.24) is 4.90 Å². The second-order valence-corrected chi connectivity index (χ2v) is 2.46. The maximum absolute atomic E-state index is 9.96. The lowest BCUT2D eigenvalue weighted by Crippen LogP contribution is -2.40. The van der Waals surface area contributed by atoms with Gasteiger partial charge in [0.2, 0.25) is 0 Å². The van der Waals surface area contributed by atoms with E-state index in [9.17, 15) is 4.79 Å². The fourth-order valence-corrected chi connectivity index (χ4v) is 0.888. The van der Waals surface area contributed by atoms with Crippen LogP contribution >= 0.6 is 0 Å². The van der Waals surface area contributed by atoms with E-state index in [1.54, 1.807) is 13.8 Å². The molecule has 0 amide bonds. The van der Waals surface area contributed by atoms with Gasteiger partial charge in [-0.1, -0.05) is 0 Å². The third kappa shape index (κ3) is 4.08. The predicted octanol–water partition coefficient (Wildman–Crippen LogP) is -0.446. The van der Waals surface area contributed by atoms with Gasteiger partial charge in [0.05, 0.1) is 0 Å². The summed E-state index contributed by atoms with van der Waals surface area (Å²) >= 11 is 0. The number of hydrogen-bond donors (Lipinski definition) is 2. The summed E-state index contributed by atoms with van der Waals surface area (Å²) in [5.74, 6) is 0. The lowest BCUT2D eigenvalue weighted by Gasteiger charge is -2.26. The van der Waals surface area contributed by atoms with Gasteiger partial charge in [0.25, 0.3) is 0 Å². The van der Waals surface area contributed by atoms with Crippen LogP contribution in [0.25, 0.3) is 0 Å². The Kier molecular flexibility index (Phi) is 5.02. The molecular weight excluding hydrogens is 146 g/mol. The van der Waals surface area contributed by atoms with Crippen LogP contribution < -0.4 is 0 Å². The minimum absolute atomic E-state index is 0.329. The van der Waals surface area contributed by atoms with Gasteiger partial charge in [0, 0.05) is 13.0 Å². The number of nitrogens with zero attached hydrogens (tertiary/aromatic N) is 1. The maximum Gasteiger partial charge on any atom is 0.121 e. The van der Waals surface area contributed by atoms with Gasteiger partial charge >= 0.3 is 0 Å². The van der Waals surface area contributed by atoms with Crippen molar-refractivity contribution in [3.05, 3.63) is 0 Å². The zero-order chi connectivity index (χ0) is 8.85. The van der Waals surface area contributed by atoms with Gasteiger partial charge in [-0.2, -0.15) is 0 Å². The Hall–Kier alpha value is -0.450. The van der Waals surface area contributed by atoms with Crippen LogP contribution in [0.2, 0.25) is 0 Å². The molecule has 0 aromatic rings. The first-order valence-corrected chi connectivity index (χ1v) is 3.65. The molecule has 0 spiro atoms. The third-order valence-corrected chi connectivity index (χ3v) is 1.47. The van der Waals surface area contributed by atoms with Crippen molar-refractivity contribution in [2.24, 2.45) is 0 Å². The van der Waals surface area contributed by atoms with Crippen molar-refractivity contribution in [3.8, 4) is 0 Å². The highest BCUT2D eigenvalue weighted by molar-refractivity contribution is 5.49. The molecule has 2 N–H and O–H groups in total. The summed E-state index contributed by atoms with van der Waals surface area (Å²) in [6.45, 7) is 3.49. The molecule has 0 aromatic heterocycles. The Morgan fingerprint density at radius 1 is 1.36 bits per heavy atom. The lowest BCUT2D eigenvalue weighted by atomic mass is 10.3. The maximum atomic E-state index is 9.96. The minimum Gasteiger partial charge on any atom is -0.379 e. The molecule has 0 aliphatic carbocycles. The zero-order valence-corrected chi connectivity index (χ0v) is 6.90. The molecule has 2 unspecified atom stereocenters. The first-order chi connectivity index (χ1) is 5.09. The van der Waals surface area contributed by atoms with E-state index in [-0.39, 0.29) is 0 Å². The standard InChI is InChI=1S/C7H15NO3/c1-6(10)8(7(2)11)4-3-5-9/h5-7,10-11H,3-4H2,1-2H3. The smallest absolute Gasteiger partial charge is 0.121 e. The highest BCUT2D eigenvalue weighted by Crippen LogP contribution is 2.00. The highest BCUT2D eigenvalue weighted by atomic mass is 16.3. The van der Waals surface area contributed by atoms with Crippen LogP contribution in [0, 0.1) is 0 Å². The molecule has 0 fully saturated rings. The molecule has 2 atom stereocenters. The molecule has 0 heterocycles. The van der Waals surface area contributed by atoms with Crippen molar-refractivity contribution in [1.29, 1.82) is 0 Å². The highest BCUT2D eigenvalue weighted by Gasteiger charge is 2.14. The molecule has 0 saturated heterocycles. The Bertz CT molecular complexity index is 106. The second kappa shape index (κ2) is 5.23. The van der Waals surface area contributed by atoms with E-state index in [0.29, 0.717) is 13.0 Å². The van der Waals surface area contributed by atoms with E-state index in [2.05, 4.69) is 0 Å². The van der Waals surface area contributed by atoms with Gasteiger partial charge in [0.1, 0.15) is 18.7 Å². The van der Waals surface area contributed by atoms with Crippen LogP contribution in [-0.2, 0) is 4.79 Å². The van der Waals surface area contributed by atoms with Crippen LogP contribution in [0.15, 0.2) is 0 Å². The Balaban J connectivity index is 3.79. The van der Waals surface area contributed by atoms with Crippen molar-refractivity contribution in [2.75, 3.05) is 6.54 Å². The molecule has 0 radical (unpaired) electrons. The second-order valence-electron chi connectivity index (χ2n) is 2.46. The van der Waals surface area contributed by atoms with Crippen LogP contribution in [0.4, 0.5) is 0 Å². The lowest BCUT2D eigenvalue weighted by molar-refractivity contribution is -0.111. The summed E-state index contributed by atoms with van der Waals surface area (Å²) in [6.07, 6.45) is -0.335. The minimum atomic E-state index is -0.713. The molecule has 0 saturated carbocycles. The number of carbonyl (C=O) groups excluding carboxylic acids is 1. The summed E-state index contributed by atoms with van der Waals surface area (Å²) in [7, 11) is 0. The monoisotopic (exact) mass is 161 g/mol. The molecule has 0 aliphatic heterocycles. The Labute approximate surface area is 66.4 Å². The summed E-state index contributed by atoms with van der Waals surface area (Å²) < 4.78 is 0. The predicted molar refractivity (Wildman–Crippen MR) is 40.7 cm³/mol. The van der Waals surface area contributed by atoms with Crippen LogP contribution in [0.1, 0.15) is 20.3 Å². The van der Waals surface area contributed by atoms with E-state index >= 15 is 0 Å². The van der Waals surface area contributed by atoms with E-state index in [0.717, 1.165) is 6.29 Å². The number of aldehydes is 1. The molecular formula is C7H15NO3. The van der Waals surface area contributed by atoms with E-state index in [1.165, 1.54) is 4.90 Å². The molecule has 4 nitrogen and oxygen atoms in total. The first-order valence-electron chi connectivity index (χ1n) is 3.65. The first kappa shape index (κ1) is 10.6. The molecule has 11 heavy (non-hydrogen) atoms. The normalized spacial score (nSPS) is 16.5. The van der Waals surface area contributed by atoms with Gasteiger partial charge in [-0.15, -0.1) is 0 Å². The topological polar surface area (TPSA) is 60.8 Å². The summed E-state index contributed by atoms with van der Waals surface area (Å²) in [5.41, 5.74) is 0. The average molecular weight is 161 g/mol. The van der Waals surface area contributed by atoms with Crippen LogP contribution in [-0.4, -0.2) is 40.4 Å². The van der Waals surface area contributed by atoms with Gasteiger partial charge in [-0.25, -0.2) is 0 Å². The average Bonchev–Trinajstić information content (AvgIpc) is 1.87. The van der Waals surface area contributed by atoms with Crippen molar-refractivity contribution >= 4 is 6.29 Å². The largest absolute Gasteiger partial charge is 0.379 e. The number of carbonyl (C=O) groups is 1. The van der Waals surface area contributed by atoms with Gasteiger partial charge in [-0.05, 0) is 13.8 Å². The van der Waals surface area contributed by atoms with Crippen LogP contribution in [0.3, 0.4) is 0 Å². The Morgan fingerprint density at radius 3 is 2.09 bits per heavy atom. The molecule has 0 rings (SSSR count). The number of aliphatic hydroxyl groups is 2. The number of rotatable bonds is 5. The third-order valence-electron chi connectivity index (χ3n) is 1.47. The van der Waals surface area contributed by atoms with Crippen LogP contribution in [0.5, 0.6) is 0 Å². The van der Waals surface area contributed by atoms with E-state index < -0.39 is 12.5 Å². The van der Waals surface area contributed by atoms with Crippen molar-refractivity contribution in [3.63, 3.8) is 0 Å². The van der Waals surface area contributed by atoms with Gasteiger partial charge in [0.15, 0.2) is 0 Å². The van der Waals surface area contributed by atoms with Crippen molar-refractivity contribution < 1.29 is 15.0 Å². The fraction of sp³-hybridized carbons (Fsp3) is 0.857. The molecule has 66 valence electrons. The fourth-order valence-electron chi connectivity index (χ4n) is 0.888. The van der Waals surface area contributed by atoms with Crippen molar-refractivity contribution in [2.45, 2.75) is 32.7 Å². The molecule has 0 aromatic carbocycles. The summed E-state index contributed by atoms with van der Waals surface area (Å²) in [4.78, 5) is 11.4. The molecule has 4 heteroatoms. The van der Waals surface area contributed by atoms with Gasteiger partial charge < -0.3 is 15.0 Å². The quantitative estimate of drug-likeness (QED) is 0.423. The summed E-state index contributed by atoms with van der Waals surface area (Å²) in [5, 5.41) is 18.1. The van der Waals surface area contributed by atoms with E-state index in [1.807, 2.05) is 0 Å². The number of hydrogen-bond acceptors (Lipinski definition) is 4. The summed E-state index contributed by atoms with van der Waals surface area (Å²) in [6, 6.07) is 0. The molecule has 0 bridgehead atoms. The molecule has 0 aliphatic rings. The number of aliphatic hydroxyl groups excluding tert-OH is 2. The zero-order valence-electron chi connectivity index (χ0n) is 6.90.